The van der Waals surface area contributed by atoms with E-state index in [2.05, 4.69) is 5.32 Å². The van der Waals surface area contributed by atoms with Crippen molar-refractivity contribution in [1.82, 2.24) is 5.32 Å². The van der Waals surface area contributed by atoms with Crippen LogP contribution in [0.1, 0.15) is 19.4 Å². The molecule has 0 aliphatic rings. The number of rotatable bonds is 6. The van der Waals surface area contributed by atoms with Gasteiger partial charge in [0.15, 0.2) is 0 Å². The van der Waals surface area contributed by atoms with E-state index in [0.29, 0.717) is 10.8 Å². The van der Waals surface area contributed by atoms with E-state index in [1.54, 1.807) is 13.8 Å². The molecule has 1 aromatic rings. The Morgan fingerprint density at radius 2 is 2.22 bits per heavy atom. The zero-order valence-electron chi connectivity index (χ0n) is 10.6. The fraction of sp³-hybridized carbons (Fsp3) is 0.462. The number of nitrogens with one attached hydrogen (secondary N) is 1. The van der Waals surface area contributed by atoms with Gasteiger partial charge in [0, 0.05) is 17.3 Å². The van der Waals surface area contributed by atoms with Crippen molar-refractivity contribution in [1.29, 1.82) is 0 Å². The second-order valence-electron chi connectivity index (χ2n) is 4.71. The summed E-state index contributed by atoms with van der Waals surface area (Å²) < 4.78 is 0. The van der Waals surface area contributed by atoms with Crippen molar-refractivity contribution < 1.29 is 9.90 Å². The van der Waals surface area contributed by atoms with Crippen LogP contribution in [-0.2, 0) is 10.5 Å². The Hall–Kier alpha value is -0.710. The molecule has 18 heavy (non-hydrogen) atoms. The summed E-state index contributed by atoms with van der Waals surface area (Å²) in [6.45, 7) is 3.59. The van der Waals surface area contributed by atoms with Gasteiger partial charge in [-0.1, -0.05) is 23.7 Å². The Balaban J connectivity index is 2.23. The van der Waals surface area contributed by atoms with Gasteiger partial charge in [-0.15, -0.1) is 11.8 Å². The van der Waals surface area contributed by atoms with E-state index in [1.165, 1.54) is 11.8 Å². The zero-order chi connectivity index (χ0) is 13.6. The maximum atomic E-state index is 11.5. The first-order chi connectivity index (χ1) is 8.37. The Morgan fingerprint density at radius 1 is 1.50 bits per heavy atom. The lowest BCUT2D eigenvalue weighted by Crippen LogP contribution is -2.38. The highest BCUT2D eigenvalue weighted by atomic mass is 35.5. The molecule has 0 saturated carbocycles. The fourth-order valence-corrected chi connectivity index (χ4v) is 2.27. The highest BCUT2D eigenvalue weighted by Gasteiger charge is 2.13. The molecule has 5 heteroatoms. The number of carbonyl (C=O) groups is 1. The summed E-state index contributed by atoms with van der Waals surface area (Å²) in [5.74, 6) is 1.06. The normalized spacial score (nSPS) is 11.3. The largest absolute Gasteiger partial charge is 0.389 e. The predicted octanol–water partition coefficient (Wildman–Crippen LogP) is 2.46. The number of halogens is 1. The van der Waals surface area contributed by atoms with Crippen molar-refractivity contribution in [3.63, 3.8) is 0 Å². The number of amides is 1. The van der Waals surface area contributed by atoms with Crippen LogP contribution in [0.5, 0.6) is 0 Å². The van der Waals surface area contributed by atoms with E-state index in [4.69, 9.17) is 11.6 Å². The minimum atomic E-state index is -0.868. The fourth-order valence-electron chi connectivity index (χ4n) is 1.25. The number of carbonyl (C=O) groups excluding carboxylic acids is 1. The van der Waals surface area contributed by atoms with Crippen LogP contribution in [0, 0.1) is 0 Å². The summed E-state index contributed by atoms with van der Waals surface area (Å²) in [6.07, 6.45) is 0. The Labute approximate surface area is 117 Å². The van der Waals surface area contributed by atoms with E-state index in [-0.39, 0.29) is 12.5 Å². The van der Waals surface area contributed by atoms with E-state index in [1.807, 2.05) is 24.3 Å². The molecule has 1 aromatic carbocycles. The van der Waals surface area contributed by atoms with Crippen LogP contribution in [0.25, 0.3) is 0 Å². The van der Waals surface area contributed by atoms with Crippen LogP contribution in [0.2, 0.25) is 5.02 Å². The van der Waals surface area contributed by atoms with Gasteiger partial charge in [-0.2, -0.15) is 0 Å². The monoisotopic (exact) mass is 287 g/mol. The number of hydrogen-bond donors (Lipinski definition) is 2. The maximum Gasteiger partial charge on any atom is 0.230 e. The van der Waals surface area contributed by atoms with Gasteiger partial charge in [0.05, 0.1) is 11.4 Å². The summed E-state index contributed by atoms with van der Waals surface area (Å²) in [5, 5.41) is 12.9. The quantitative estimate of drug-likeness (QED) is 0.845. The van der Waals surface area contributed by atoms with E-state index < -0.39 is 5.60 Å². The second kappa shape index (κ2) is 7.02. The van der Waals surface area contributed by atoms with Crippen LogP contribution in [-0.4, -0.2) is 28.9 Å². The Kier molecular flexibility index (Phi) is 5.99. The predicted molar refractivity (Wildman–Crippen MR) is 76.9 cm³/mol. The second-order valence-corrected chi connectivity index (χ2v) is 6.13. The topological polar surface area (TPSA) is 49.3 Å². The summed E-state index contributed by atoms with van der Waals surface area (Å²) in [7, 11) is 0. The molecule has 0 heterocycles. The molecule has 0 aliphatic heterocycles. The van der Waals surface area contributed by atoms with Crippen molar-refractivity contribution in [3.05, 3.63) is 34.9 Å². The minimum Gasteiger partial charge on any atom is -0.389 e. The highest BCUT2D eigenvalue weighted by Crippen LogP contribution is 2.16. The first-order valence-corrected chi connectivity index (χ1v) is 7.21. The first-order valence-electron chi connectivity index (χ1n) is 5.68. The summed E-state index contributed by atoms with van der Waals surface area (Å²) in [5.41, 5.74) is 0.232. The van der Waals surface area contributed by atoms with Gasteiger partial charge < -0.3 is 10.4 Å². The van der Waals surface area contributed by atoms with Crippen molar-refractivity contribution in [2.45, 2.75) is 25.2 Å². The number of hydrogen-bond acceptors (Lipinski definition) is 3. The molecule has 0 atom stereocenters. The average molecular weight is 288 g/mol. The maximum absolute atomic E-state index is 11.5. The minimum absolute atomic E-state index is 0.0656. The molecule has 0 spiro atoms. The third-order valence-corrected chi connectivity index (χ3v) is 3.35. The molecular formula is C13H18ClNO2S. The lowest BCUT2D eigenvalue weighted by atomic mass is 10.1. The summed E-state index contributed by atoms with van der Waals surface area (Å²) >= 11 is 7.39. The molecule has 0 aromatic heterocycles. The van der Waals surface area contributed by atoms with Crippen molar-refractivity contribution in [3.8, 4) is 0 Å². The number of benzene rings is 1. The van der Waals surface area contributed by atoms with Crippen LogP contribution < -0.4 is 5.32 Å². The molecule has 1 amide bonds. The lowest BCUT2D eigenvalue weighted by molar-refractivity contribution is -0.119. The molecule has 0 radical (unpaired) electrons. The molecule has 0 unspecified atom stereocenters. The third kappa shape index (κ3) is 6.89. The van der Waals surface area contributed by atoms with E-state index in [9.17, 15) is 9.90 Å². The summed E-state index contributed by atoms with van der Waals surface area (Å²) in [4.78, 5) is 11.5. The van der Waals surface area contributed by atoms with Gasteiger partial charge in [0.1, 0.15) is 0 Å². The molecule has 0 aliphatic carbocycles. The lowest BCUT2D eigenvalue weighted by Gasteiger charge is -2.17. The molecule has 0 saturated heterocycles. The first kappa shape index (κ1) is 15.3. The Bertz CT molecular complexity index is 404. The van der Waals surface area contributed by atoms with Gasteiger partial charge in [-0.05, 0) is 31.5 Å². The van der Waals surface area contributed by atoms with Crippen molar-refractivity contribution >= 4 is 29.3 Å². The van der Waals surface area contributed by atoms with Crippen LogP contribution >= 0.6 is 23.4 Å². The van der Waals surface area contributed by atoms with E-state index >= 15 is 0 Å². The molecule has 1 rings (SSSR count). The summed E-state index contributed by atoms with van der Waals surface area (Å²) in [6, 6.07) is 7.59. The van der Waals surface area contributed by atoms with Crippen molar-refractivity contribution in [2.75, 3.05) is 12.3 Å². The van der Waals surface area contributed by atoms with E-state index in [0.717, 1.165) is 11.3 Å². The standard InChI is InChI=1S/C13H18ClNO2S/c1-13(2,17)9-15-12(16)8-18-7-10-4-3-5-11(14)6-10/h3-6,17H,7-9H2,1-2H3,(H,15,16). The SMILES string of the molecule is CC(C)(O)CNC(=O)CSCc1cccc(Cl)c1. The Morgan fingerprint density at radius 3 is 2.83 bits per heavy atom. The molecule has 100 valence electrons. The molecular weight excluding hydrogens is 270 g/mol. The molecule has 0 bridgehead atoms. The van der Waals surface area contributed by atoms with Gasteiger partial charge in [0.25, 0.3) is 0 Å². The van der Waals surface area contributed by atoms with Gasteiger partial charge in [0.2, 0.25) is 5.91 Å². The highest BCUT2D eigenvalue weighted by molar-refractivity contribution is 7.99. The molecule has 2 N–H and O–H groups in total. The molecule has 3 nitrogen and oxygen atoms in total. The number of thioether (sulfide) groups is 1. The van der Waals surface area contributed by atoms with Crippen LogP contribution in [0.15, 0.2) is 24.3 Å². The van der Waals surface area contributed by atoms with Gasteiger partial charge in [-0.3, -0.25) is 4.79 Å². The van der Waals surface area contributed by atoms with Gasteiger partial charge >= 0.3 is 0 Å². The van der Waals surface area contributed by atoms with Crippen molar-refractivity contribution in [2.24, 2.45) is 0 Å². The van der Waals surface area contributed by atoms with Crippen LogP contribution in [0.3, 0.4) is 0 Å². The van der Waals surface area contributed by atoms with Gasteiger partial charge in [-0.25, -0.2) is 0 Å². The third-order valence-electron chi connectivity index (χ3n) is 2.11. The average Bonchev–Trinajstić information content (AvgIpc) is 2.25. The van der Waals surface area contributed by atoms with Crippen LogP contribution in [0.4, 0.5) is 0 Å². The smallest absolute Gasteiger partial charge is 0.230 e. The number of aliphatic hydroxyl groups is 1. The zero-order valence-corrected chi connectivity index (χ0v) is 12.1. The molecule has 0 fully saturated rings.